The summed E-state index contributed by atoms with van der Waals surface area (Å²) in [5, 5.41) is 2.59. The van der Waals surface area contributed by atoms with Crippen LogP contribution in [0, 0.1) is 0 Å². The molecule has 1 aromatic carbocycles. The van der Waals surface area contributed by atoms with Crippen molar-refractivity contribution in [2.45, 2.75) is 44.1 Å². The Balaban J connectivity index is 1.58. The Hall–Kier alpha value is -2.01. The van der Waals surface area contributed by atoms with Gasteiger partial charge in [0.2, 0.25) is 0 Å². The molecule has 0 radical (unpaired) electrons. The molecule has 31 heavy (non-hydrogen) atoms. The number of benzene rings is 1. The molecule has 170 valence electrons. The second-order valence-corrected chi connectivity index (χ2v) is 10.9. The van der Waals surface area contributed by atoms with E-state index in [2.05, 4.69) is 4.98 Å². The number of hydrogen-bond acceptors (Lipinski definition) is 8. The molecular weight excluding hydrogens is 440 g/mol. The number of rotatable bonds is 8. The monoisotopic (exact) mass is 468 g/mol. The summed E-state index contributed by atoms with van der Waals surface area (Å²) in [4.78, 5) is 18.5. The molecule has 3 rings (SSSR count). The van der Waals surface area contributed by atoms with Crippen LogP contribution >= 0.6 is 11.3 Å². The van der Waals surface area contributed by atoms with Crippen molar-refractivity contribution in [1.82, 2.24) is 9.88 Å². The van der Waals surface area contributed by atoms with Gasteiger partial charge in [-0.1, -0.05) is 30.3 Å². The van der Waals surface area contributed by atoms with Crippen molar-refractivity contribution in [3.8, 4) is 0 Å². The lowest BCUT2D eigenvalue weighted by atomic mass is 10.0. The van der Waals surface area contributed by atoms with Gasteiger partial charge in [-0.25, -0.2) is 9.78 Å². The van der Waals surface area contributed by atoms with Crippen molar-refractivity contribution in [3.63, 3.8) is 0 Å². The molecule has 1 aliphatic rings. The Morgan fingerprint density at radius 1 is 1.23 bits per heavy atom. The minimum atomic E-state index is -3.73. The summed E-state index contributed by atoms with van der Waals surface area (Å²) in [6.45, 7) is 6.13. The first-order valence-corrected chi connectivity index (χ1v) is 12.5. The quantitative estimate of drug-likeness (QED) is 0.432. The Kier molecular flexibility index (Phi) is 7.35. The Morgan fingerprint density at radius 2 is 1.97 bits per heavy atom. The summed E-state index contributed by atoms with van der Waals surface area (Å²) in [6.07, 6.45) is 1.81. The van der Waals surface area contributed by atoms with E-state index in [-0.39, 0.29) is 25.5 Å². The lowest BCUT2D eigenvalue weighted by Gasteiger charge is -2.28. The van der Waals surface area contributed by atoms with Crippen molar-refractivity contribution in [3.05, 3.63) is 52.5 Å². The molecule has 1 amide bonds. The number of ether oxygens (including phenoxy) is 2. The first-order chi connectivity index (χ1) is 14.6. The molecular formula is C21H28N2O6S2. The molecule has 8 nitrogen and oxygen atoms in total. The smallest absolute Gasteiger partial charge is 0.410 e. The third-order valence-electron chi connectivity index (χ3n) is 4.62. The number of carbonyl (C=O) groups excluding carboxylic acids is 1. The van der Waals surface area contributed by atoms with Crippen molar-refractivity contribution >= 4 is 27.5 Å². The van der Waals surface area contributed by atoms with E-state index >= 15 is 0 Å². The zero-order chi connectivity index (χ0) is 22.5. The van der Waals surface area contributed by atoms with Gasteiger partial charge in [0.1, 0.15) is 22.0 Å². The fourth-order valence-corrected chi connectivity index (χ4v) is 5.10. The highest BCUT2D eigenvalue weighted by Crippen LogP contribution is 2.37. The molecule has 1 aromatic heterocycles. The van der Waals surface area contributed by atoms with Gasteiger partial charge in [-0.3, -0.25) is 4.18 Å². The van der Waals surface area contributed by atoms with Gasteiger partial charge in [0.15, 0.2) is 0 Å². The van der Waals surface area contributed by atoms with Crippen LogP contribution in [0.2, 0.25) is 0 Å². The number of thiazole rings is 1. The zero-order valence-corrected chi connectivity index (χ0v) is 19.6. The fraction of sp³-hybridized carbons (Fsp3) is 0.524. The predicted molar refractivity (Wildman–Crippen MR) is 117 cm³/mol. The van der Waals surface area contributed by atoms with Crippen molar-refractivity contribution in [1.29, 1.82) is 0 Å². The molecule has 1 atom stereocenters. The molecule has 2 heterocycles. The number of amides is 1. The van der Waals surface area contributed by atoms with E-state index < -0.39 is 27.4 Å². The van der Waals surface area contributed by atoms with Gasteiger partial charge in [-0.2, -0.15) is 8.42 Å². The van der Waals surface area contributed by atoms with Crippen LogP contribution in [0.3, 0.4) is 0 Å². The fourth-order valence-electron chi connectivity index (χ4n) is 3.28. The Bertz CT molecular complexity index is 958. The number of aromatic nitrogens is 1. The van der Waals surface area contributed by atoms with E-state index in [4.69, 9.17) is 13.7 Å². The number of hydrogen-bond donors (Lipinski definition) is 0. The molecule has 1 aliphatic heterocycles. The maximum absolute atomic E-state index is 12.5. The minimum absolute atomic E-state index is 0.0513. The average molecular weight is 469 g/mol. The van der Waals surface area contributed by atoms with E-state index in [0.717, 1.165) is 5.01 Å². The van der Waals surface area contributed by atoms with Crippen molar-refractivity contribution in [2.75, 3.05) is 26.3 Å². The molecule has 0 N–H and O–H groups in total. The van der Waals surface area contributed by atoms with E-state index in [1.165, 1.54) is 11.3 Å². The van der Waals surface area contributed by atoms with Crippen LogP contribution in [0.5, 0.6) is 0 Å². The lowest BCUT2D eigenvalue weighted by molar-refractivity contribution is -0.0536. The van der Waals surface area contributed by atoms with Gasteiger partial charge in [0.05, 0.1) is 19.8 Å². The third-order valence-corrected chi connectivity index (χ3v) is 6.79. The maximum atomic E-state index is 12.5. The third kappa shape index (κ3) is 6.73. The van der Waals surface area contributed by atoms with Crippen LogP contribution in [0.15, 0.2) is 41.9 Å². The second kappa shape index (κ2) is 9.64. The normalized spacial score (nSPS) is 19.5. The number of carbonyl (C=O) groups is 1. The van der Waals surface area contributed by atoms with Crippen molar-refractivity contribution < 1.29 is 26.9 Å². The Labute approximate surface area is 187 Å². The van der Waals surface area contributed by atoms with Crippen LogP contribution in [0.25, 0.3) is 0 Å². The summed E-state index contributed by atoms with van der Waals surface area (Å²) >= 11 is 1.44. The zero-order valence-electron chi connectivity index (χ0n) is 17.9. The largest absolute Gasteiger partial charge is 0.444 e. The predicted octanol–water partition coefficient (Wildman–Crippen LogP) is 3.54. The van der Waals surface area contributed by atoms with Crippen molar-refractivity contribution in [2.24, 2.45) is 0 Å². The summed E-state index contributed by atoms with van der Waals surface area (Å²) in [5.74, 6) is -0.197. The summed E-state index contributed by atoms with van der Waals surface area (Å²) < 4.78 is 41.1. The van der Waals surface area contributed by atoms with E-state index in [1.807, 2.05) is 32.2 Å². The molecule has 0 bridgehead atoms. The molecule has 1 fully saturated rings. The first-order valence-electron chi connectivity index (χ1n) is 10.0. The van der Waals surface area contributed by atoms with Gasteiger partial charge in [0, 0.05) is 24.5 Å². The molecule has 0 spiro atoms. The van der Waals surface area contributed by atoms with Crippen LogP contribution in [0.4, 0.5) is 4.79 Å². The molecule has 10 heteroatoms. The van der Waals surface area contributed by atoms with Crippen LogP contribution < -0.4 is 0 Å². The molecule has 1 saturated heterocycles. The molecule has 0 saturated carbocycles. The highest BCUT2D eigenvalue weighted by Gasteiger charge is 2.45. The van der Waals surface area contributed by atoms with E-state index in [1.54, 1.807) is 35.4 Å². The van der Waals surface area contributed by atoms with E-state index in [0.29, 0.717) is 18.5 Å². The highest BCUT2D eigenvalue weighted by atomic mass is 32.2. The highest BCUT2D eigenvalue weighted by molar-refractivity contribution is 7.85. The van der Waals surface area contributed by atoms with Crippen LogP contribution in [0.1, 0.15) is 37.8 Å². The van der Waals surface area contributed by atoms with Gasteiger partial charge in [0.25, 0.3) is 10.1 Å². The van der Waals surface area contributed by atoms with E-state index in [9.17, 15) is 13.2 Å². The summed E-state index contributed by atoms with van der Waals surface area (Å²) in [6, 6.07) is 8.85. The van der Waals surface area contributed by atoms with Gasteiger partial charge in [-0.15, -0.1) is 11.3 Å². The lowest BCUT2D eigenvalue weighted by Crippen LogP contribution is -2.39. The Morgan fingerprint density at radius 3 is 2.61 bits per heavy atom. The minimum Gasteiger partial charge on any atom is -0.444 e. The summed E-state index contributed by atoms with van der Waals surface area (Å²) in [7, 11) is -3.73. The van der Waals surface area contributed by atoms with Crippen LogP contribution in [-0.2, 0) is 35.1 Å². The van der Waals surface area contributed by atoms with Gasteiger partial charge < -0.3 is 14.4 Å². The number of nitrogens with zero attached hydrogens (tertiary/aromatic N) is 2. The average Bonchev–Trinajstić information content (AvgIpc) is 3.35. The topological polar surface area (TPSA) is 95.0 Å². The van der Waals surface area contributed by atoms with Gasteiger partial charge >= 0.3 is 6.09 Å². The first kappa shape index (κ1) is 23.6. The van der Waals surface area contributed by atoms with Gasteiger partial charge in [-0.05, 0) is 26.3 Å². The summed E-state index contributed by atoms with van der Waals surface area (Å²) in [5.41, 5.74) is -0.741. The SMILES string of the molecule is CC(C)(C)OC(=O)N1CCC(OCCOS(=O)(=O)Cc2ccccc2)(c2nccs2)C1. The molecule has 2 aromatic rings. The van der Waals surface area contributed by atoms with Crippen LogP contribution in [-0.4, -0.2) is 56.3 Å². The standard InChI is InChI=1S/C21H28N2O6S2/c1-20(2,3)29-19(24)23-11-9-21(16-23,18-22-10-14-30-18)27-12-13-28-31(25,26)15-17-7-5-4-6-8-17/h4-8,10,14H,9,11-13,15-16H2,1-3H3. The number of likely N-dealkylation sites (tertiary alicyclic amines) is 1. The second-order valence-electron chi connectivity index (χ2n) is 8.34. The molecule has 0 aliphatic carbocycles. The molecule has 1 unspecified atom stereocenters. The maximum Gasteiger partial charge on any atom is 0.410 e.